The van der Waals surface area contributed by atoms with E-state index in [4.69, 9.17) is 9.47 Å². The highest BCUT2D eigenvalue weighted by Gasteiger charge is 2.43. The van der Waals surface area contributed by atoms with Gasteiger partial charge in [-0.15, -0.1) is 0 Å². The first-order chi connectivity index (χ1) is 8.78. The van der Waals surface area contributed by atoms with E-state index in [2.05, 4.69) is 25.1 Å². The van der Waals surface area contributed by atoms with Crippen LogP contribution in [0.5, 0.6) is 5.75 Å². The van der Waals surface area contributed by atoms with Gasteiger partial charge in [0.15, 0.2) is 0 Å². The van der Waals surface area contributed by atoms with Crippen LogP contribution in [0.25, 0.3) is 0 Å². The highest BCUT2D eigenvalue weighted by Crippen LogP contribution is 2.44. The summed E-state index contributed by atoms with van der Waals surface area (Å²) in [6, 6.07) is 6.41. The van der Waals surface area contributed by atoms with Crippen LogP contribution >= 0.6 is 0 Å². The van der Waals surface area contributed by atoms with Gasteiger partial charge >= 0.3 is 0 Å². The van der Waals surface area contributed by atoms with E-state index in [-0.39, 0.29) is 0 Å². The van der Waals surface area contributed by atoms with E-state index in [0.29, 0.717) is 6.10 Å². The minimum absolute atomic E-state index is 0.542. The Morgan fingerprint density at radius 3 is 3.00 bits per heavy atom. The Morgan fingerprint density at radius 2 is 2.28 bits per heavy atom. The summed E-state index contributed by atoms with van der Waals surface area (Å²) in [7, 11) is 1.72. The predicted octanol–water partition coefficient (Wildman–Crippen LogP) is 3.36. The molecule has 0 radical (unpaired) electrons. The van der Waals surface area contributed by atoms with Crippen LogP contribution in [0, 0.1) is 18.8 Å². The van der Waals surface area contributed by atoms with E-state index in [1.54, 1.807) is 7.11 Å². The maximum atomic E-state index is 5.92. The Balaban J connectivity index is 1.66. The molecule has 0 N–H and O–H groups in total. The molecule has 1 aromatic carbocycles. The Hall–Kier alpha value is -1.02. The molecule has 0 amide bonds. The van der Waals surface area contributed by atoms with E-state index < -0.39 is 0 Å². The van der Waals surface area contributed by atoms with Crippen molar-refractivity contribution in [2.24, 2.45) is 11.8 Å². The minimum Gasteiger partial charge on any atom is -0.497 e. The van der Waals surface area contributed by atoms with Gasteiger partial charge in [-0.3, -0.25) is 0 Å². The predicted molar refractivity (Wildman–Crippen MR) is 72.0 cm³/mol. The van der Waals surface area contributed by atoms with Crippen LogP contribution in [0.4, 0.5) is 0 Å². The van der Waals surface area contributed by atoms with Gasteiger partial charge in [0.05, 0.1) is 13.2 Å². The number of ether oxygens (including phenoxy) is 2. The topological polar surface area (TPSA) is 18.5 Å². The van der Waals surface area contributed by atoms with E-state index in [1.807, 2.05) is 0 Å². The van der Waals surface area contributed by atoms with Crippen molar-refractivity contribution < 1.29 is 9.47 Å². The quantitative estimate of drug-likeness (QED) is 0.814. The summed E-state index contributed by atoms with van der Waals surface area (Å²) in [4.78, 5) is 0. The zero-order chi connectivity index (χ0) is 12.5. The van der Waals surface area contributed by atoms with Crippen LogP contribution in [-0.2, 0) is 11.2 Å². The monoisotopic (exact) mass is 246 g/mol. The van der Waals surface area contributed by atoms with Gasteiger partial charge in [0.25, 0.3) is 0 Å². The molecule has 1 aliphatic carbocycles. The molecule has 1 aromatic rings. The number of benzene rings is 1. The summed E-state index contributed by atoms with van der Waals surface area (Å²) < 4.78 is 11.2. The normalized spacial score (nSPS) is 30.4. The molecule has 1 aliphatic heterocycles. The zero-order valence-corrected chi connectivity index (χ0v) is 11.3. The van der Waals surface area contributed by atoms with Crippen LogP contribution in [0.1, 0.15) is 30.4 Å². The molecule has 2 aliphatic rings. The maximum absolute atomic E-state index is 5.92. The Bertz CT molecular complexity index is 427. The molecule has 2 heteroatoms. The lowest BCUT2D eigenvalue weighted by Crippen LogP contribution is -2.47. The minimum atomic E-state index is 0.542. The van der Waals surface area contributed by atoms with Crippen LogP contribution in [-0.4, -0.2) is 19.8 Å². The molecule has 0 spiro atoms. The van der Waals surface area contributed by atoms with E-state index in [0.717, 1.165) is 30.6 Å². The summed E-state index contributed by atoms with van der Waals surface area (Å²) in [6.07, 6.45) is 5.70. The van der Waals surface area contributed by atoms with Gasteiger partial charge < -0.3 is 9.47 Å². The molecule has 2 fully saturated rings. The van der Waals surface area contributed by atoms with Crippen molar-refractivity contribution in [3.63, 3.8) is 0 Å². The first kappa shape index (κ1) is 12.0. The summed E-state index contributed by atoms with van der Waals surface area (Å²) in [6.45, 7) is 3.15. The third-order valence-corrected chi connectivity index (χ3v) is 4.60. The van der Waals surface area contributed by atoms with Crippen molar-refractivity contribution in [1.82, 2.24) is 0 Å². The highest BCUT2D eigenvalue weighted by molar-refractivity contribution is 5.35. The average molecular weight is 246 g/mol. The molecular weight excluding hydrogens is 224 g/mol. The van der Waals surface area contributed by atoms with Crippen molar-refractivity contribution >= 4 is 0 Å². The number of hydrogen-bond donors (Lipinski definition) is 0. The van der Waals surface area contributed by atoms with Crippen molar-refractivity contribution in [2.75, 3.05) is 13.7 Å². The molecule has 3 atom stereocenters. The Kier molecular flexibility index (Phi) is 3.29. The molecule has 0 aromatic heterocycles. The number of aryl methyl sites for hydroxylation is 1. The van der Waals surface area contributed by atoms with Crippen LogP contribution in [0.15, 0.2) is 18.2 Å². The first-order valence-corrected chi connectivity index (χ1v) is 7.03. The number of rotatable bonds is 3. The van der Waals surface area contributed by atoms with E-state index in [9.17, 15) is 0 Å². The smallest absolute Gasteiger partial charge is 0.119 e. The molecule has 1 heterocycles. The molecule has 0 unspecified atom stereocenters. The summed E-state index contributed by atoms with van der Waals surface area (Å²) in [5.74, 6) is 2.54. The van der Waals surface area contributed by atoms with Gasteiger partial charge in [0.2, 0.25) is 0 Å². The van der Waals surface area contributed by atoms with Gasteiger partial charge in [-0.05, 0) is 67.7 Å². The molecule has 98 valence electrons. The lowest BCUT2D eigenvalue weighted by molar-refractivity contribution is -0.126. The number of hydrogen-bond acceptors (Lipinski definition) is 2. The van der Waals surface area contributed by atoms with E-state index >= 15 is 0 Å². The lowest BCUT2D eigenvalue weighted by Gasteiger charge is -2.47. The van der Waals surface area contributed by atoms with Crippen LogP contribution in [0.2, 0.25) is 0 Å². The second-order valence-corrected chi connectivity index (χ2v) is 5.73. The van der Waals surface area contributed by atoms with Gasteiger partial charge in [-0.1, -0.05) is 6.07 Å². The molecule has 1 saturated carbocycles. The van der Waals surface area contributed by atoms with E-state index in [1.165, 1.54) is 30.4 Å². The highest BCUT2D eigenvalue weighted by atomic mass is 16.5. The number of methoxy groups -OCH3 is 1. The van der Waals surface area contributed by atoms with Gasteiger partial charge in [0, 0.05) is 6.61 Å². The second kappa shape index (κ2) is 4.93. The fraction of sp³-hybridized carbons (Fsp3) is 0.625. The zero-order valence-electron chi connectivity index (χ0n) is 11.3. The summed E-state index contributed by atoms with van der Waals surface area (Å²) in [5, 5.41) is 0. The molecular formula is C16H22O2. The van der Waals surface area contributed by atoms with Crippen molar-refractivity contribution in [1.29, 1.82) is 0 Å². The van der Waals surface area contributed by atoms with Gasteiger partial charge in [-0.2, -0.15) is 0 Å². The molecule has 1 saturated heterocycles. The first-order valence-electron chi connectivity index (χ1n) is 7.03. The SMILES string of the molecule is COc1ccc(C[C@@H]2C[C@H]3CCCO[C@H]32)c(C)c1. The van der Waals surface area contributed by atoms with Gasteiger partial charge in [0.1, 0.15) is 5.75 Å². The molecule has 18 heavy (non-hydrogen) atoms. The average Bonchev–Trinajstić information content (AvgIpc) is 2.37. The van der Waals surface area contributed by atoms with Crippen molar-refractivity contribution in [3.05, 3.63) is 29.3 Å². The lowest BCUT2D eigenvalue weighted by atomic mass is 9.66. The maximum Gasteiger partial charge on any atom is 0.119 e. The molecule has 0 bridgehead atoms. The van der Waals surface area contributed by atoms with Gasteiger partial charge in [-0.25, -0.2) is 0 Å². The Morgan fingerprint density at radius 1 is 1.39 bits per heavy atom. The van der Waals surface area contributed by atoms with Crippen molar-refractivity contribution in [3.8, 4) is 5.75 Å². The number of fused-ring (bicyclic) bond motifs is 1. The standard InChI is InChI=1S/C16H22O2/c1-11-8-15(17-2)6-5-12(11)9-14-10-13-4-3-7-18-16(13)14/h5-6,8,13-14,16H,3-4,7,9-10H2,1-2H3/t13-,14-,16-/m1/s1. The third-order valence-electron chi connectivity index (χ3n) is 4.60. The van der Waals surface area contributed by atoms with Crippen molar-refractivity contribution in [2.45, 2.75) is 38.7 Å². The molecule has 3 rings (SSSR count). The van der Waals surface area contributed by atoms with Crippen LogP contribution < -0.4 is 4.74 Å². The largest absolute Gasteiger partial charge is 0.497 e. The Labute approximate surface area is 109 Å². The third kappa shape index (κ3) is 2.14. The molecule has 2 nitrogen and oxygen atoms in total. The fourth-order valence-electron chi connectivity index (χ4n) is 3.47. The fourth-order valence-corrected chi connectivity index (χ4v) is 3.47. The second-order valence-electron chi connectivity index (χ2n) is 5.73. The summed E-state index contributed by atoms with van der Waals surface area (Å²) >= 11 is 0. The summed E-state index contributed by atoms with van der Waals surface area (Å²) in [5.41, 5.74) is 2.79. The van der Waals surface area contributed by atoms with Crippen LogP contribution in [0.3, 0.4) is 0 Å².